The van der Waals surface area contributed by atoms with E-state index < -0.39 is 11.7 Å². The van der Waals surface area contributed by atoms with Gasteiger partial charge in [0.25, 0.3) is 0 Å². The Morgan fingerprint density at radius 2 is 2.05 bits per heavy atom. The first-order chi connectivity index (χ1) is 20.1. The first-order valence-corrected chi connectivity index (χ1v) is 14.8. The summed E-state index contributed by atoms with van der Waals surface area (Å²) in [6, 6.07) is 11.1. The van der Waals surface area contributed by atoms with Crippen molar-refractivity contribution < 1.29 is 28.6 Å². The van der Waals surface area contributed by atoms with E-state index in [0.29, 0.717) is 61.0 Å². The number of benzene rings is 1. The molecule has 12 heteroatoms. The zero-order valence-corrected chi connectivity index (χ0v) is 25.0. The van der Waals surface area contributed by atoms with Crippen molar-refractivity contribution in [3.63, 3.8) is 0 Å². The monoisotopic (exact) mass is 593 g/mol. The standard InChI is InChI=1S/C30H35N5O6S/c1-30(2,3)41-27(37)17-34(15-19-11-12-31-22-8-10-26(39-4)33-28(19)22)13-5-6-21-16-35(29(38)40-21)20-7-9-24-23(14-20)32-25(36)18-42-24/h7-12,14,21H,5-6,13,15-18H2,1-4H3,(H,32,36)/t21-/m0/s1. The lowest BCUT2D eigenvalue weighted by Crippen LogP contribution is -2.35. The van der Waals surface area contributed by atoms with Crippen LogP contribution in [0.25, 0.3) is 11.0 Å². The first kappa shape index (κ1) is 29.6. The zero-order chi connectivity index (χ0) is 29.9. The summed E-state index contributed by atoms with van der Waals surface area (Å²) >= 11 is 1.47. The number of cyclic esters (lactones) is 1. The van der Waals surface area contributed by atoms with Gasteiger partial charge in [0, 0.05) is 29.4 Å². The molecule has 4 heterocycles. The van der Waals surface area contributed by atoms with Gasteiger partial charge in [-0.1, -0.05) is 0 Å². The van der Waals surface area contributed by atoms with Gasteiger partial charge in [0.2, 0.25) is 11.8 Å². The number of nitrogens with zero attached hydrogens (tertiary/aromatic N) is 4. The van der Waals surface area contributed by atoms with Crippen molar-refractivity contribution in [3.05, 3.63) is 48.2 Å². The third kappa shape index (κ3) is 7.29. The number of rotatable bonds is 10. The minimum atomic E-state index is -0.597. The Kier molecular flexibility index (Phi) is 8.83. The first-order valence-electron chi connectivity index (χ1n) is 13.9. The molecule has 3 aromatic rings. The maximum absolute atomic E-state index is 12.8. The Labute approximate surface area is 248 Å². The molecule has 5 rings (SSSR count). The SMILES string of the molecule is COc1ccc2nccc(CN(CCC[C@H]3CN(c4ccc5c(c4)NC(=O)CS5)C(=O)O3)CC(=O)OC(C)(C)C)c2n1. The minimum Gasteiger partial charge on any atom is -0.481 e. The number of carbonyl (C=O) groups excluding carboxylic acids is 3. The number of aromatic nitrogens is 2. The van der Waals surface area contributed by atoms with Gasteiger partial charge in [-0.3, -0.25) is 24.4 Å². The number of amides is 2. The second-order valence-electron chi connectivity index (χ2n) is 11.3. The number of hydrogen-bond donors (Lipinski definition) is 1. The quantitative estimate of drug-likeness (QED) is 0.333. The van der Waals surface area contributed by atoms with Crippen LogP contribution in [0.2, 0.25) is 0 Å². The van der Waals surface area contributed by atoms with Gasteiger partial charge >= 0.3 is 12.1 Å². The lowest BCUT2D eigenvalue weighted by atomic mass is 10.1. The Morgan fingerprint density at radius 3 is 2.83 bits per heavy atom. The summed E-state index contributed by atoms with van der Waals surface area (Å²) in [6.07, 6.45) is 2.32. The number of nitrogens with one attached hydrogen (secondary N) is 1. The Bertz CT molecular complexity index is 1490. The zero-order valence-electron chi connectivity index (χ0n) is 24.2. The highest BCUT2D eigenvalue weighted by atomic mass is 32.2. The van der Waals surface area contributed by atoms with Crippen LogP contribution < -0.4 is 15.0 Å². The fraction of sp³-hybridized carbons (Fsp3) is 0.433. The number of methoxy groups -OCH3 is 1. The van der Waals surface area contributed by atoms with Crippen molar-refractivity contribution in [1.82, 2.24) is 14.9 Å². The molecule has 1 N–H and O–H groups in total. The highest BCUT2D eigenvalue weighted by molar-refractivity contribution is 8.00. The summed E-state index contributed by atoms with van der Waals surface area (Å²) in [4.78, 5) is 50.9. The van der Waals surface area contributed by atoms with Crippen LogP contribution >= 0.6 is 11.8 Å². The fourth-order valence-electron chi connectivity index (χ4n) is 4.98. The number of pyridine rings is 2. The van der Waals surface area contributed by atoms with E-state index in [4.69, 9.17) is 14.2 Å². The van der Waals surface area contributed by atoms with Crippen LogP contribution in [0.4, 0.5) is 16.2 Å². The summed E-state index contributed by atoms with van der Waals surface area (Å²) in [5, 5.41) is 2.87. The molecule has 222 valence electrons. The van der Waals surface area contributed by atoms with E-state index in [1.54, 1.807) is 24.3 Å². The van der Waals surface area contributed by atoms with Crippen LogP contribution in [-0.4, -0.2) is 77.0 Å². The maximum atomic E-state index is 12.8. The van der Waals surface area contributed by atoms with Crippen LogP contribution in [0, 0.1) is 0 Å². The van der Waals surface area contributed by atoms with E-state index in [1.165, 1.54) is 11.8 Å². The van der Waals surface area contributed by atoms with Gasteiger partial charge in [0.1, 0.15) is 11.7 Å². The average molecular weight is 594 g/mol. The molecule has 2 amide bonds. The van der Waals surface area contributed by atoms with Gasteiger partial charge < -0.3 is 19.5 Å². The molecule has 11 nitrogen and oxygen atoms in total. The van der Waals surface area contributed by atoms with Gasteiger partial charge in [-0.05, 0) is 76.1 Å². The normalized spacial score (nSPS) is 16.8. The third-order valence-corrected chi connectivity index (χ3v) is 7.87. The Morgan fingerprint density at radius 1 is 1.21 bits per heavy atom. The van der Waals surface area contributed by atoms with Gasteiger partial charge in [-0.25, -0.2) is 9.78 Å². The summed E-state index contributed by atoms with van der Waals surface area (Å²) in [5.74, 6) is 0.496. The molecule has 1 fully saturated rings. The molecule has 1 saturated heterocycles. The second kappa shape index (κ2) is 12.5. The molecule has 0 aliphatic carbocycles. The molecule has 0 radical (unpaired) electrons. The molecule has 2 aliphatic heterocycles. The molecular weight excluding hydrogens is 558 g/mol. The van der Waals surface area contributed by atoms with E-state index in [9.17, 15) is 14.4 Å². The summed E-state index contributed by atoms with van der Waals surface area (Å²) < 4.78 is 16.6. The van der Waals surface area contributed by atoms with E-state index >= 15 is 0 Å². The largest absolute Gasteiger partial charge is 0.481 e. The Hall–Kier alpha value is -3.90. The van der Waals surface area contributed by atoms with Crippen molar-refractivity contribution in [2.24, 2.45) is 0 Å². The molecular formula is C30H35N5O6S. The second-order valence-corrected chi connectivity index (χ2v) is 12.3. The Balaban J connectivity index is 1.24. The molecule has 0 saturated carbocycles. The van der Waals surface area contributed by atoms with Crippen LogP contribution in [0.3, 0.4) is 0 Å². The highest BCUT2D eigenvalue weighted by Crippen LogP contribution is 2.35. The van der Waals surface area contributed by atoms with Crippen LogP contribution in [0.1, 0.15) is 39.2 Å². The van der Waals surface area contributed by atoms with E-state index in [0.717, 1.165) is 16.0 Å². The van der Waals surface area contributed by atoms with Crippen LogP contribution in [0.15, 0.2) is 47.5 Å². The number of thioether (sulfide) groups is 1. The lowest BCUT2D eigenvalue weighted by Gasteiger charge is -2.25. The number of hydrogen-bond acceptors (Lipinski definition) is 10. The van der Waals surface area contributed by atoms with Crippen molar-refractivity contribution in [1.29, 1.82) is 0 Å². The van der Waals surface area contributed by atoms with E-state index in [2.05, 4.69) is 15.3 Å². The maximum Gasteiger partial charge on any atom is 0.414 e. The van der Waals surface area contributed by atoms with Gasteiger partial charge in [0.15, 0.2) is 0 Å². The molecule has 2 aliphatic rings. The van der Waals surface area contributed by atoms with Crippen molar-refractivity contribution in [3.8, 4) is 5.88 Å². The molecule has 0 bridgehead atoms. The smallest absolute Gasteiger partial charge is 0.414 e. The van der Waals surface area contributed by atoms with Crippen LogP contribution in [-0.2, 0) is 25.6 Å². The van der Waals surface area contributed by atoms with Gasteiger partial charge in [-0.15, -0.1) is 11.8 Å². The predicted molar refractivity (Wildman–Crippen MR) is 160 cm³/mol. The number of ether oxygens (including phenoxy) is 3. The average Bonchev–Trinajstić information content (AvgIpc) is 3.31. The molecule has 1 atom stereocenters. The number of esters is 1. The van der Waals surface area contributed by atoms with Gasteiger partial charge in [-0.2, -0.15) is 0 Å². The third-order valence-electron chi connectivity index (χ3n) is 6.80. The summed E-state index contributed by atoms with van der Waals surface area (Å²) in [6.45, 7) is 7.06. The topological polar surface area (TPSA) is 123 Å². The number of anilines is 2. The highest BCUT2D eigenvalue weighted by Gasteiger charge is 2.33. The van der Waals surface area contributed by atoms with E-state index in [-0.39, 0.29) is 24.5 Å². The lowest BCUT2D eigenvalue weighted by molar-refractivity contribution is -0.156. The predicted octanol–water partition coefficient (Wildman–Crippen LogP) is 4.63. The van der Waals surface area contributed by atoms with Crippen molar-refractivity contribution >= 4 is 52.1 Å². The molecule has 1 aromatic carbocycles. The van der Waals surface area contributed by atoms with Crippen molar-refractivity contribution in [2.75, 3.05) is 42.7 Å². The number of carbonyl (C=O) groups is 3. The molecule has 0 spiro atoms. The van der Waals surface area contributed by atoms with Crippen LogP contribution in [0.5, 0.6) is 5.88 Å². The minimum absolute atomic E-state index is 0.0582. The fourth-order valence-corrected chi connectivity index (χ4v) is 5.77. The van der Waals surface area contributed by atoms with E-state index in [1.807, 2.05) is 56.0 Å². The molecule has 2 aromatic heterocycles. The molecule has 0 unspecified atom stereocenters. The van der Waals surface area contributed by atoms with Gasteiger partial charge in [0.05, 0.1) is 42.7 Å². The summed E-state index contributed by atoms with van der Waals surface area (Å²) in [7, 11) is 1.57. The van der Waals surface area contributed by atoms with Crippen molar-refractivity contribution in [2.45, 2.75) is 56.8 Å². The number of fused-ring (bicyclic) bond motifs is 2. The summed E-state index contributed by atoms with van der Waals surface area (Å²) in [5.41, 5.74) is 3.16. The molecule has 42 heavy (non-hydrogen) atoms.